The Labute approximate surface area is 162 Å². The van der Waals surface area contributed by atoms with Crippen LogP contribution in [0.3, 0.4) is 0 Å². The number of aromatic carboxylic acids is 1. The van der Waals surface area contributed by atoms with E-state index in [1.807, 2.05) is 0 Å². The number of nitrogens with zero attached hydrogens (tertiary/aromatic N) is 2. The third-order valence-electron chi connectivity index (χ3n) is 3.69. The molecule has 0 bridgehead atoms. The summed E-state index contributed by atoms with van der Waals surface area (Å²) in [4.78, 5) is 39.1. The number of hydrogen-bond donors (Lipinski definition) is 1. The maximum atomic E-state index is 12.9. The summed E-state index contributed by atoms with van der Waals surface area (Å²) in [5.41, 5.74) is 0.764. The lowest BCUT2D eigenvalue weighted by Crippen LogP contribution is -2.05. The van der Waals surface area contributed by atoms with Crippen molar-refractivity contribution >= 4 is 29.3 Å². The van der Waals surface area contributed by atoms with Gasteiger partial charge in [0.15, 0.2) is 11.5 Å². The molecule has 1 N–H and O–H groups in total. The van der Waals surface area contributed by atoms with Gasteiger partial charge in [0, 0.05) is 24.2 Å². The van der Waals surface area contributed by atoms with E-state index in [0.717, 1.165) is 17.8 Å². The zero-order valence-corrected chi connectivity index (χ0v) is 15.1. The van der Waals surface area contributed by atoms with E-state index in [1.165, 1.54) is 18.3 Å². The molecule has 0 aliphatic rings. The molecule has 2 heterocycles. The fourth-order valence-electron chi connectivity index (χ4n) is 2.24. The Hall–Kier alpha value is -3.33. The minimum Gasteiger partial charge on any atom is -0.476 e. The largest absolute Gasteiger partial charge is 0.476 e. The SMILES string of the molecule is O=C(Cc1ccc(F)cc1)c1ccc(SCC(=O)c2cc(C(=O)O)no2)nc1. The zero-order chi connectivity index (χ0) is 20.1. The van der Waals surface area contributed by atoms with Crippen LogP contribution in [-0.2, 0) is 6.42 Å². The third kappa shape index (κ3) is 4.89. The Kier molecular flexibility index (Phi) is 5.95. The Morgan fingerprint density at radius 1 is 1.07 bits per heavy atom. The molecule has 2 aromatic heterocycles. The van der Waals surface area contributed by atoms with Gasteiger partial charge >= 0.3 is 5.97 Å². The molecule has 0 unspecified atom stereocenters. The number of ketones is 2. The van der Waals surface area contributed by atoms with Crippen LogP contribution in [-0.4, -0.2) is 38.5 Å². The molecule has 0 atom stereocenters. The second-order valence-electron chi connectivity index (χ2n) is 5.70. The fourth-order valence-corrected chi connectivity index (χ4v) is 2.95. The molecule has 0 saturated carbocycles. The predicted molar refractivity (Wildman–Crippen MR) is 97.2 cm³/mol. The van der Waals surface area contributed by atoms with E-state index in [2.05, 4.69) is 10.1 Å². The van der Waals surface area contributed by atoms with Gasteiger partial charge in [0.2, 0.25) is 11.5 Å². The number of Topliss-reactive ketones (excluding diaryl/α,β-unsaturated/α-hetero) is 2. The first-order valence-electron chi connectivity index (χ1n) is 8.02. The Bertz CT molecular complexity index is 1020. The predicted octanol–water partition coefficient (Wildman–Crippen LogP) is 3.31. The molecule has 3 aromatic rings. The molecule has 0 radical (unpaired) electrons. The molecule has 142 valence electrons. The molecule has 0 aliphatic heterocycles. The number of carbonyl (C=O) groups excluding carboxylic acids is 2. The van der Waals surface area contributed by atoms with Gasteiger partial charge in [0.1, 0.15) is 5.82 Å². The minimum absolute atomic E-state index is 0.0237. The Morgan fingerprint density at radius 3 is 2.43 bits per heavy atom. The van der Waals surface area contributed by atoms with Crippen molar-refractivity contribution in [3.8, 4) is 0 Å². The number of thioether (sulfide) groups is 1. The molecule has 0 spiro atoms. The second kappa shape index (κ2) is 8.57. The first kappa shape index (κ1) is 19.4. The number of aromatic nitrogens is 2. The van der Waals surface area contributed by atoms with Crippen LogP contribution in [0.2, 0.25) is 0 Å². The molecular formula is C19H13FN2O5S. The molecule has 0 amide bonds. The Morgan fingerprint density at radius 2 is 1.82 bits per heavy atom. The van der Waals surface area contributed by atoms with Gasteiger partial charge in [-0.15, -0.1) is 0 Å². The van der Waals surface area contributed by atoms with Crippen molar-refractivity contribution in [2.75, 3.05) is 5.75 Å². The highest BCUT2D eigenvalue weighted by Gasteiger charge is 2.17. The normalized spacial score (nSPS) is 10.6. The first-order chi connectivity index (χ1) is 13.4. The number of pyridine rings is 1. The number of halogens is 1. The van der Waals surface area contributed by atoms with E-state index in [9.17, 15) is 18.8 Å². The van der Waals surface area contributed by atoms with Crippen molar-refractivity contribution in [3.63, 3.8) is 0 Å². The molecular weight excluding hydrogens is 387 g/mol. The van der Waals surface area contributed by atoms with E-state index in [0.29, 0.717) is 16.2 Å². The maximum absolute atomic E-state index is 12.9. The Balaban J connectivity index is 1.56. The molecule has 9 heteroatoms. The number of hydrogen-bond acceptors (Lipinski definition) is 7. The fraction of sp³-hybridized carbons (Fsp3) is 0.105. The van der Waals surface area contributed by atoms with Crippen molar-refractivity contribution in [2.45, 2.75) is 11.4 Å². The minimum atomic E-state index is -1.28. The maximum Gasteiger partial charge on any atom is 0.358 e. The van der Waals surface area contributed by atoms with Crippen molar-refractivity contribution in [1.82, 2.24) is 10.1 Å². The number of rotatable bonds is 8. The van der Waals surface area contributed by atoms with Gasteiger partial charge < -0.3 is 9.63 Å². The summed E-state index contributed by atoms with van der Waals surface area (Å²) in [7, 11) is 0. The number of carboxylic acids is 1. The van der Waals surface area contributed by atoms with Crippen LogP contribution in [0.25, 0.3) is 0 Å². The molecule has 1 aromatic carbocycles. The lowest BCUT2D eigenvalue weighted by Gasteiger charge is -2.03. The van der Waals surface area contributed by atoms with E-state index in [1.54, 1.807) is 24.3 Å². The highest BCUT2D eigenvalue weighted by atomic mass is 32.2. The lowest BCUT2D eigenvalue weighted by atomic mass is 10.0. The van der Waals surface area contributed by atoms with Gasteiger partial charge in [0.25, 0.3) is 0 Å². The van der Waals surface area contributed by atoms with Gasteiger partial charge in [-0.25, -0.2) is 14.2 Å². The van der Waals surface area contributed by atoms with Crippen LogP contribution >= 0.6 is 11.8 Å². The highest BCUT2D eigenvalue weighted by Crippen LogP contribution is 2.18. The summed E-state index contributed by atoms with van der Waals surface area (Å²) in [6.07, 6.45) is 1.54. The average molecular weight is 400 g/mol. The van der Waals surface area contributed by atoms with E-state index in [4.69, 9.17) is 9.63 Å². The van der Waals surface area contributed by atoms with Gasteiger partial charge in [-0.3, -0.25) is 9.59 Å². The standard InChI is InChI=1S/C19H13FN2O5S/c20-13-4-1-11(2-5-13)7-15(23)12-3-6-18(21-9-12)28-10-16(24)17-8-14(19(25)26)22-27-17/h1-6,8-9H,7,10H2,(H,25,26). The smallest absolute Gasteiger partial charge is 0.358 e. The highest BCUT2D eigenvalue weighted by molar-refractivity contribution is 7.99. The van der Waals surface area contributed by atoms with Crippen LogP contribution < -0.4 is 0 Å². The molecule has 3 rings (SSSR count). The van der Waals surface area contributed by atoms with Gasteiger partial charge in [-0.1, -0.05) is 29.1 Å². The van der Waals surface area contributed by atoms with E-state index >= 15 is 0 Å². The third-order valence-corrected chi connectivity index (χ3v) is 4.64. The van der Waals surface area contributed by atoms with E-state index < -0.39 is 11.8 Å². The number of carbonyl (C=O) groups is 3. The molecule has 0 aliphatic carbocycles. The van der Waals surface area contributed by atoms with Gasteiger partial charge in [-0.05, 0) is 29.8 Å². The summed E-state index contributed by atoms with van der Waals surface area (Å²) in [5, 5.41) is 12.6. The van der Waals surface area contributed by atoms with Crippen molar-refractivity contribution in [3.05, 3.63) is 77.1 Å². The summed E-state index contributed by atoms with van der Waals surface area (Å²) in [6.45, 7) is 0. The topological polar surface area (TPSA) is 110 Å². The van der Waals surface area contributed by atoms with Crippen LogP contribution in [0.5, 0.6) is 0 Å². The summed E-state index contributed by atoms with van der Waals surface area (Å²) >= 11 is 1.12. The van der Waals surface area contributed by atoms with Crippen LogP contribution in [0, 0.1) is 5.82 Å². The first-order valence-corrected chi connectivity index (χ1v) is 9.00. The molecule has 0 saturated heterocycles. The lowest BCUT2D eigenvalue weighted by molar-refractivity contribution is 0.0684. The van der Waals surface area contributed by atoms with Crippen LogP contribution in [0.1, 0.15) is 37.0 Å². The van der Waals surface area contributed by atoms with Gasteiger partial charge in [-0.2, -0.15) is 0 Å². The molecule has 7 nitrogen and oxygen atoms in total. The summed E-state index contributed by atoms with van der Waals surface area (Å²) in [5.74, 6) is -2.39. The number of carboxylic acid groups (broad SMARTS) is 1. The van der Waals surface area contributed by atoms with E-state index in [-0.39, 0.29) is 35.2 Å². The summed E-state index contributed by atoms with van der Waals surface area (Å²) in [6, 6.07) is 9.97. The van der Waals surface area contributed by atoms with Gasteiger partial charge in [0.05, 0.1) is 10.8 Å². The second-order valence-corrected chi connectivity index (χ2v) is 6.70. The molecule has 0 fully saturated rings. The summed E-state index contributed by atoms with van der Waals surface area (Å²) < 4.78 is 17.6. The van der Waals surface area contributed by atoms with Crippen molar-refractivity contribution in [2.24, 2.45) is 0 Å². The van der Waals surface area contributed by atoms with Crippen LogP contribution in [0.4, 0.5) is 4.39 Å². The zero-order valence-electron chi connectivity index (χ0n) is 14.3. The van der Waals surface area contributed by atoms with Crippen LogP contribution in [0.15, 0.2) is 58.2 Å². The van der Waals surface area contributed by atoms with Crippen molar-refractivity contribution < 1.29 is 28.4 Å². The number of benzene rings is 1. The average Bonchev–Trinajstić information content (AvgIpc) is 3.19. The van der Waals surface area contributed by atoms with Crippen molar-refractivity contribution in [1.29, 1.82) is 0 Å². The quantitative estimate of drug-likeness (QED) is 0.453. The monoisotopic (exact) mass is 400 g/mol. The molecule has 28 heavy (non-hydrogen) atoms.